The number of hydrogen-bond donors (Lipinski definition) is 0. The lowest BCUT2D eigenvalue weighted by Crippen LogP contribution is -2.09. The fraction of sp³-hybridized carbons (Fsp3) is 0.920. The molecule has 0 heterocycles. The topological polar surface area (TPSA) is 52.6 Å². The van der Waals surface area contributed by atoms with Gasteiger partial charge in [0, 0.05) is 18.7 Å². The first-order valence-electron chi connectivity index (χ1n) is 12.6. The minimum Gasteiger partial charge on any atom is -0.466 e. The van der Waals surface area contributed by atoms with Crippen molar-refractivity contribution in [2.75, 3.05) is 19.1 Å². The molecule has 0 N–H and O–H groups in total. The van der Waals surface area contributed by atoms with Gasteiger partial charge >= 0.3 is 11.9 Å². The molecule has 0 atom stereocenters. The fourth-order valence-corrected chi connectivity index (χ4v) is 3.58. The van der Waals surface area contributed by atoms with Gasteiger partial charge in [-0.25, -0.2) is 0 Å². The Labute approximate surface area is 190 Å². The van der Waals surface area contributed by atoms with Gasteiger partial charge in [-0.15, -0.1) is 11.6 Å². The molecular formula is C25H47ClO4. The Morgan fingerprint density at radius 2 is 0.900 bits per heavy atom. The van der Waals surface area contributed by atoms with Crippen LogP contribution in [0.25, 0.3) is 0 Å². The highest BCUT2D eigenvalue weighted by molar-refractivity contribution is 6.17. The highest BCUT2D eigenvalue weighted by Crippen LogP contribution is 2.11. The molecule has 0 aliphatic heterocycles. The van der Waals surface area contributed by atoms with Gasteiger partial charge in [-0.2, -0.15) is 0 Å². The number of alkyl halides is 1. The van der Waals surface area contributed by atoms with Crippen molar-refractivity contribution >= 4 is 23.5 Å². The molecule has 0 rings (SSSR count). The quantitative estimate of drug-likeness (QED) is 0.0914. The Bertz CT molecular complexity index is 387. The van der Waals surface area contributed by atoms with Gasteiger partial charge in [0.1, 0.15) is 0 Å². The molecule has 0 saturated carbocycles. The van der Waals surface area contributed by atoms with E-state index >= 15 is 0 Å². The summed E-state index contributed by atoms with van der Waals surface area (Å²) in [5.41, 5.74) is 0. The second kappa shape index (κ2) is 24.5. The van der Waals surface area contributed by atoms with Crippen LogP contribution in [0.1, 0.15) is 129 Å². The summed E-state index contributed by atoms with van der Waals surface area (Å²) in [5, 5.41) is 0. The predicted octanol–water partition coefficient (Wildman–Crippen LogP) is 7.74. The maximum Gasteiger partial charge on any atom is 0.305 e. The van der Waals surface area contributed by atoms with E-state index in [0.717, 1.165) is 38.0 Å². The molecule has 0 aliphatic carbocycles. The van der Waals surface area contributed by atoms with Crippen molar-refractivity contribution in [1.29, 1.82) is 0 Å². The van der Waals surface area contributed by atoms with Crippen LogP contribution in [0, 0.1) is 0 Å². The normalized spacial score (nSPS) is 10.9. The minimum absolute atomic E-state index is 0.198. The van der Waals surface area contributed by atoms with E-state index in [-0.39, 0.29) is 11.9 Å². The number of hydrogen-bond acceptors (Lipinski definition) is 4. The SMILES string of the molecule is CCCCCCCCCCCCOC(=O)CCCC(=O)OCCCCCCCCCl. The number of ether oxygens (including phenoxy) is 2. The Balaban J connectivity index is 3.30. The molecule has 178 valence electrons. The van der Waals surface area contributed by atoms with Crippen LogP contribution in [0.5, 0.6) is 0 Å². The van der Waals surface area contributed by atoms with E-state index in [9.17, 15) is 9.59 Å². The first-order chi connectivity index (χ1) is 14.7. The fourth-order valence-electron chi connectivity index (χ4n) is 3.39. The number of carbonyl (C=O) groups excluding carboxylic acids is 2. The number of esters is 2. The molecule has 0 spiro atoms. The van der Waals surface area contributed by atoms with Crippen molar-refractivity contribution < 1.29 is 19.1 Å². The third kappa shape index (κ3) is 23.5. The largest absolute Gasteiger partial charge is 0.466 e. The van der Waals surface area contributed by atoms with Crippen LogP contribution < -0.4 is 0 Å². The summed E-state index contributed by atoms with van der Waals surface area (Å²) < 4.78 is 10.5. The van der Waals surface area contributed by atoms with Crippen molar-refractivity contribution in [3.63, 3.8) is 0 Å². The second-order valence-electron chi connectivity index (χ2n) is 8.29. The molecule has 5 heteroatoms. The van der Waals surface area contributed by atoms with Crippen molar-refractivity contribution in [3.05, 3.63) is 0 Å². The third-order valence-corrected chi connectivity index (χ3v) is 5.58. The van der Waals surface area contributed by atoms with Crippen LogP contribution >= 0.6 is 11.6 Å². The summed E-state index contributed by atoms with van der Waals surface area (Å²) in [7, 11) is 0. The summed E-state index contributed by atoms with van der Waals surface area (Å²) in [6.07, 6.45) is 20.4. The van der Waals surface area contributed by atoms with Gasteiger partial charge in [0.25, 0.3) is 0 Å². The number of rotatable bonds is 23. The van der Waals surface area contributed by atoms with Gasteiger partial charge in [-0.1, -0.05) is 90.4 Å². The molecule has 0 bridgehead atoms. The van der Waals surface area contributed by atoms with Gasteiger partial charge in [0.2, 0.25) is 0 Å². The van der Waals surface area contributed by atoms with Crippen molar-refractivity contribution in [2.24, 2.45) is 0 Å². The first kappa shape index (κ1) is 29.2. The number of unbranched alkanes of at least 4 members (excludes halogenated alkanes) is 14. The zero-order valence-corrected chi connectivity index (χ0v) is 20.3. The van der Waals surface area contributed by atoms with Gasteiger partial charge in [0.05, 0.1) is 13.2 Å². The van der Waals surface area contributed by atoms with Crippen molar-refractivity contribution in [1.82, 2.24) is 0 Å². The molecule has 0 aromatic heterocycles. The Morgan fingerprint density at radius 3 is 1.30 bits per heavy atom. The maximum absolute atomic E-state index is 11.7. The van der Waals surface area contributed by atoms with Gasteiger partial charge in [-0.3, -0.25) is 9.59 Å². The van der Waals surface area contributed by atoms with E-state index in [4.69, 9.17) is 21.1 Å². The molecule has 30 heavy (non-hydrogen) atoms. The van der Waals surface area contributed by atoms with E-state index in [0.29, 0.717) is 32.5 Å². The zero-order chi connectivity index (χ0) is 22.1. The maximum atomic E-state index is 11.7. The van der Waals surface area contributed by atoms with Crippen LogP contribution in [0.15, 0.2) is 0 Å². The smallest absolute Gasteiger partial charge is 0.305 e. The average molecular weight is 447 g/mol. The van der Waals surface area contributed by atoms with Gasteiger partial charge in [-0.05, 0) is 25.7 Å². The van der Waals surface area contributed by atoms with Crippen molar-refractivity contribution in [3.8, 4) is 0 Å². The van der Waals surface area contributed by atoms with E-state index in [1.165, 1.54) is 70.6 Å². The number of carbonyl (C=O) groups is 2. The Kier molecular flexibility index (Phi) is 23.9. The van der Waals surface area contributed by atoms with E-state index < -0.39 is 0 Å². The monoisotopic (exact) mass is 446 g/mol. The molecule has 0 fully saturated rings. The summed E-state index contributed by atoms with van der Waals surface area (Å²) in [5.74, 6) is 0.333. The summed E-state index contributed by atoms with van der Waals surface area (Å²) in [6.45, 7) is 3.24. The van der Waals surface area contributed by atoms with Crippen LogP contribution in [-0.4, -0.2) is 31.0 Å². The lowest BCUT2D eigenvalue weighted by molar-refractivity contribution is -0.145. The molecule has 0 aromatic carbocycles. The van der Waals surface area contributed by atoms with Crippen LogP contribution in [0.4, 0.5) is 0 Å². The van der Waals surface area contributed by atoms with E-state index in [1.54, 1.807) is 0 Å². The Hall–Kier alpha value is -0.770. The van der Waals surface area contributed by atoms with Gasteiger partial charge in [0.15, 0.2) is 0 Å². The molecule has 0 amide bonds. The zero-order valence-electron chi connectivity index (χ0n) is 19.6. The first-order valence-corrected chi connectivity index (χ1v) is 13.1. The molecule has 0 aromatic rings. The minimum atomic E-state index is -0.209. The molecule has 0 unspecified atom stereocenters. The van der Waals surface area contributed by atoms with Crippen LogP contribution in [-0.2, 0) is 19.1 Å². The standard InChI is InChI=1S/C25H47ClO4/c1-2-3-4-5-6-7-8-10-13-16-22-29-24(27)19-18-20-25(28)30-23-17-14-11-9-12-15-21-26/h2-23H2,1H3. The number of halogens is 1. The van der Waals surface area contributed by atoms with Gasteiger partial charge < -0.3 is 9.47 Å². The van der Waals surface area contributed by atoms with Crippen LogP contribution in [0.3, 0.4) is 0 Å². The van der Waals surface area contributed by atoms with E-state index in [2.05, 4.69) is 6.92 Å². The summed E-state index contributed by atoms with van der Waals surface area (Å²) in [4.78, 5) is 23.4. The van der Waals surface area contributed by atoms with E-state index in [1.807, 2.05) is 0 Å². The molecular weight excluding hydrogens is 400 g/mol. The van der Waals surface area contributed by atoms with Crippen LogP contribution in [0.2, 0.25) is 0 Å². The molecule has 0 radical (unpaired) electrons. The highest BCUT2D eigenvalue weighted by Gasteiger charge is 2.07. The molecule has 0 aliphatic rings. The Morgan fingerprint density at radius 1 is 0.533 bits per heavy atom. The average Bonchev–Trinajstić information content (AvgIpc) is 2.74. The van der Waals surface area contributed by atoms with Crippen molar-refractivity contribution in [2.45, 2.75) is 129 Å². The summed E-state index contributed by atoms with van der Waals surface area (Å²) >= 11 is 5.64. The lowest BCUT2D eigenvalue weighted by Gasteiger charge is -2.06. The lowest BCUT2D eigenvalue weighted by atomic mass is 10.1. The summed E-state index contributed by atoms with van der Waals surface area (Å²) in [6, 6.07) is 0. The predicted molar refractivity (Wildman–Crippen MR) is 126 cm³/mol. The molecule has 4 nitrogen and oxygen atoms in total. The molecule has 0 saturated heterocycles. The third-order valence-electron chi connectivity index (χ3n) is 5.31. The second-order valence-corrected chi connectivity index (χ2v) is 8.66. The highest BCUT2D eigenvalue weighted by atomic mass is 35.5.